The van der Waals surface area contributed by atoms with Crippen molar-refractivity contribution in [2.45, 2.75) is 65.0 Å². The number of carbonyl (C=O) groups excluding carboxylic acids is 1. The van der Waals surface area contributed by atoms with Crippen LogP contribution in [0.3, 0.4) is 0 Å². The Kier molecular flexibility index (Phi) is 7.07. The van der Waals surface area contributed by atoms with Crippen LogP contribution in [0.2, 0.25) is 5.02 Å². The third-order valence-corrected chi connectivity index (χ3v) is 8.90. The van der Waals surface area contributed by atoms with Crippen LogP contribution in [0, 0.1) is 23.2 Å². The Hall–Kier alpha value is -2.49. The van der Waals surface area contributed by atoms with E-state index in [0.29, 0.717) is 48.5 Å². The molecule has 0 aromatic carbocycles. The number of halogens is 1. The number of hydrogen-bond donors (Lipinski definition) is 2. The fourth-order valence-corrected chi connectivity index (χ4v) is 6.41. The molecule has 194 valence electrons. The van der Waals surface area contributed by atoms with Crippen molar-refractivity contribution >= 4 is 23.2 Å². The Labute approximate surface area is 215 Å². The molecule has 10 heteroatoms. The highest BCUT2D eigenvalue weighted by atomic mass is 35.5. The lowest BCUT2D eigenvalue weighted by molar-refractivity contribution is -0.123. The summed E-state index contributed by atoms with van der Waals surface area (Å²) in [6.07, 6.45) is 7.25. The molecule has 3 heterocycles. The predicted molar refractivity (Wildman–Crippen MR) is 136 cm³/mol. The maximum Gasteiger partial charge on any atom is 0.288 e. The van der Waals surface area contributed by atoms with Crippen LogP contribution in [-0.2, 0) is 20.8 Å². The third kappa shape index (κ3) is 4.88. The van der Waals surface area contributed by atoms with Gasteiger partial charge in [0.2, 0.25) is 5.91 Å². The fourth-order valence-electron chi connectivity index (χ4n) is 6.20. The number of fused-ring (bicyclic) bond motifs is 2. The van der Waals surface area contributed by atoms with E-state index in [1.165, 1.54) is 6.42 Å². The fraction of sp³-hybridized carbons (Fsp3) is 0.615. The molecule has 5 atom stereocenters. The summed E-state index contributed by atoms with van der Waals surface area (Å²) in [6.45, 7) is 7.79. The minimum absolute atomic E-state index is 0.0574. The van der Waals surface area contributed by atoms with Crippen LogP contribution in [0.5, 0.6) is 0 Å². The Morgan fingerprint density at radius 1 is 1.25 bits per heavy atom. The second-order valence-electron chi connectivity index (χ2n) is 10.8. The Morgan fingerprint density at radius 2 is 1.97 bits per heavy atom. The van der Waals surface area contributed by atoms with E-state index in [0.717, 1.165) is 16.7 Å². The van der Waals surface area contributed by atoms with Gasteiger partial charge in [0.1, 0.15) is 11.6 Å². The van der Waals surface area contributed by atoms with Gasteiger partial charge in [-0.2, -0.15) is 5.10 Å². The minimum atomic E-state index is -0.492. The van der Waals surface area contributed by atoms with Gasteiger partial charge >= 0.3 is 0 Å². The molecule has 2 bridgehead atoms. The molecule has 2 aromatic rings. The standard InChI is InChI=1S/C26H34ClN5O4/c1-15-18-10-17(26(18,2)3)11-19(15)30-21-13-29-32(25(34)24(21)27)14-22(33)31-20(12-23-35-8-9-36-23)16-4-6-28-7-5-16/h4-7,13,15,17-20,23,30H,8-12,14H2,1-3H3,(H,31,33)/t15-,17?,18?,19-,20?/m1/s1. The molecule has 1 saturated heterocycles. The summed E-state index contributed by atoms with van der Waals surface area (Å²) in [4.78, 5) is 29.9. The summed E-state index contributed by atoms with van der Waals surface area (Å²) in [5.74, 6) is 1.47. The number of nitrogens with zero attached hydrogens (tertiary/aromatic N) is 3. The Balaban J connectivity index is 1.25. The molecule has 1 aliphatic heterocycles. The van der Waals surface area contributed by atoms with Crippen LogP contribution >= 0.6 is 11.6 Å². The zero-order valence-corrected chi connectivity index (χ0v) is 21.7. The molecule has 2 aromatic heterocycles. The number of pyridine rings is 1. The molecule has 36 heavy (non-hydrogen) atoms. The maximum atomic E-state index is 13.0. The molecular formula is C26H34ClN5O4. The van der Waals surface area contributed by atoms with Gasteiger partial charge in [-0.15, -0.1) is 0 Å². The number of amides is 1. The van der Waals surface area contributed by atoms with E-state index in [4.69, 9.17) is 21.1 Å². The zero-order chi connectivity index (χ0) is 25.4. The van der Waals surface area contributed by atoms with E-state index in [9.17, 15) is 9.59 Å². The van der Waals surface area contributed by atoms with Crippen LogP contribution in [0.25, 0.3) is 0 Å². The molecule has 3 aliphatic carbocycles. The van der Waals surface area contributed by atoms with Crippen molar-refractivity contribution in [2.75, 3.05) is 18.5 Å². The minimum Gasteiger partial charge on any atom is -0.379 e. The molecule has 9 nitrogen and oxygen atoms in total. The van der Waals surface area contributed by atoms with Gasteiger partial charge in [0, 0.05) is 24.9 Å². The van der Waals surface area contributed by atoms with Gasteiger partial charge in [-0.25, -0.2) is 4.68 Å². The summed E-state index contributed by atoms with van der Waals surface area (Å²) in [6, 6.07) is 3.55. The van der Waals surface area contributed by atoms with Gasteiger partial charge in [0.15, 0.2) is 6.29 Å². The molecule has 4 aliphatic rings. The number of hydrogen-bond acceptors (Lipinski definition) is 7. The first kappa shape index (κ1) is 25.2. The monoisotopic (exact) mass is 515 g/mol. The highest BCUT2D eigenvalue weighted by molar-refractivity contribution is 6.32. The van der Waals surface area contributed by atoms with Gasteiger partial charge in [0.05, 0.1) is 31.1 Å². The normalized spacial score (nSPS) is 27.8. The van der Waals surface area contributed by atoms with Crippen LogP contribution in [0.1, 0.15) is 51.6 Å². The van der Waals surface area contributed by atoms with Gasteiger partial charge in [-0.3, -0.25) is 14.6 Å². The number of anilines is 1. The molecule has 6 rings (SSSR count). The van der Waals surface area contributed by atoms with Crippen molar-refractivity contribution in [3.8, 4) is 0 Å². The highest BCUT2D eigenvalue weighted by Gasteiger charge is 2.56. The van der Waals surface area contributed by atoms with Crippen LogP contribution in [0.15, 0.2) is 35.5 Å². The predicted octanol–water partition coefficient (Wildman–Crippen LogP) is 3.39. The first-order chi connectivity index (χ1) is 17.2. The number of carbonyl (C=O) groups is 1. The molecule has 0 spiro atoms. The lowest BCUT2D eigenvalue weighted by atomic mass is 9.45. The SMILES string of the molecule is C[C@@H]1C2CC(C[C@H]1Nc1cnn(CC(=O)NC(CC3OCCO3)c3ccncc3)c(=O)c1Cl)C2(C)C. The Bertz CT molecular complexity index is 1150. The number of nitrogens with one attached hydrogen (secondary N) is 2. The highest BCUT2D eigenvalue weighted by Crippen LogP contribution is 2.61. The van der Waals surface area contributed by atoms with Crippen molar-refractivity contribution in [3.63, 3.8) is 0 Å². The van der Waals surface area contributed by atoms with E-state index in [1.54, 1.807) is 18.6 Å². The molecule has 3 saturated carbocycles. The molecule has 1 amide bonds. The van der Waals surface area contributed by atoms with E-state index in [1.807, 2.05) is 12.1 Å². The summed E-state index contributed by atoms with van der Waals surface area (Å²) in [5, 5.41) is 10.8. The van der Waals surface area contributed by atoms with Crippen LogP contribution < -0.4 is 16.2 Å². The summed E-state index contributed by atoms with van der Waals surface area (Å²) >= 11 is 6.46. The lowest BCUT2D eigenvalue weighted by Crippen LogP contribution is -2.58. The van der Waals surface area contributed by atoms with E-state index < -0.39 is 11.8 Å². The van der Waals surface area contributed by atoms with Gasteiger partial charge in [0.25, 0.3) is 5.56 Å². The summed E-state index contributed by atoms with van der Waals surface area (Å²) < 4.78 is 12.2. The van der Waals surface area contributed by atoms with Crippen LogP contribution in [-0.4, -0.2) is 46.2 Å². The van der Waals surface area contributed by atoms with Crippen molar-refractivity contribution in [3.05, 3.63) is 51.7 Å². The molecule has 0 radical (unpaired) electrons. The third-order valence-electron chi connectivity index (χ3n) is 8.54. The second kappa shape index (κ2) is 10.1. The average Bonchev–Trinajstić information content (AvgIpc) is 3.38. The lowest BCUT2D eigenvalue weighted by Gasteiger charge is -2.62. The number of rotatable bonds is 8. The number of aromatic nitrogens is 3. The first-order valence-electron chi connectivity index (χ1n) is 12.7. The maximum absolute atomic E-state index is 13.0. The van der Waals surface area contributed by atoms with Crippen molar-refractivity contribution in [1.29, 1.82) is 0 Å². The summed E-state index contributed by atoms with van der Waals surface area (Å²) in [7, 11) is 0. The smallest absolute Gasteiger partial charge is 0.288 e. The quantitative estimate of drug-likeness (QED) is 0.554. The van der Waals surface area contributed by atoms with E-state index in [-0.39, 0.29) is 29.6 Å². The second-order valence-corrected chi connectivity index (χ2v) is 11.2. The number of ether oxygens (including phenoxy) is 2. The molecule has 2 N–H and O–H groups in total. The van der Waals surface area contributed by atoms with Crippen molar-refractivity contribution in [2.24, 2.45) is 23.2 Å². The van der Waals surface area contributed by atoms with E-state index in [2.05, 4.69) is 41.5 Å². The average molecular weight is 516 g/mol. The summed E-state index contributed by atoms with van der Waals surface area (Å²) in [5.41, 5.74) is 1.28. The van der Waals surface area contributed by atoms with Gasteiger partial charge < -0.3 is 20.1 Å². The molecule has 4 fully saturated rings. The molecule has 3 unspecified atom stereocenters. The van der Waals surface area contributed by atoms with Crippen LogP contribution in [0.4, 0.5) is 5.69 Å². The van der Waals surface area contributed by atoms with E-state index >= 15 is 0 Å². The van der Waals surface area contributed by atoms with Crippen molar-refractivity contribution < 1.29 is 14.3 Å². The first-order valence-corrected chi connectivity index (χ1v) is 13.1. The molecular weight excluding hydrogens is 482 g/mol. The largest absolute Gasteiger partial charge is 0.379 e. The Morgan fingerprint density at radius 3 is 2.64 bits per heavy atom. The van der Waals surface area contributed by atoms with Gasteiger partial charge in [-0.1, -0.05) is 32.4 Å². The topological polar surface area (TPSA) is 107 Å². The zero-order valence-electron chi connectivity index (χ0n) is 20.9. The van der Waals surface area contributed by atoms with Gasteiger partial charge in [-0.05, 0) is 53.7 Å². The van der Waals surface area contributed by atoms with Crippen molar-refractivity contribution in [1.82, 2.24) is 20.1 Å².